The van der Waals surface area contributed by atoms with Gasteiger partial charge in [-0.15, -0.1) is 0 Å². The van der Waals surface area contributed by atoms with Crippen LogP contribution in [0.5, 0.6) is 0 Å². The molecule has 37 heavy (non-hydrogen) atoms. The number of fused-ring (bicyclic) bond motifs is 2. The van der Waals surface area contributed by atoms with Crippen LogP contribution in [0.25, 0.3) is 11.3 Å². The molecule has 4 heterocycles. The summed E-state index contributed by atoms with van der Waals surface area (Å²) < 4.78 is 50.2. The molecule has 0 saturated carbocycles. The minimum absolute atomic E-state index is 0.173. The average Bonchev–Trinajstić information content (AvgIpc) is 3.31. The number of nitrogens with zero attached hydrogens (tertiary/aromatic N) is 3. The number of aromatic nitrogens is 3. The van der Waals surface area contributed by atoms with Crippen LogP contribution < -0.4 is 10.6 Å². The number of hydrogen-bond donors (Lipinski definition) is 4. The fourth-order valence-corrected chi connectivity index (χ4v) is 4.26. The van der Waals surface area contributed by atoms with Crippen molar-refractivity contribution < 1.29 is 37.7 Å². The van der Waals surface area contributed by atoms with E-state index in [0.717, 1.165) is 11.8 Å². The van der Waals surface area contributed by atoms with Crippen LogP contribution in [0.1, 0.15) is 16.1 Å². The Bertz CT molecular complexity index is 1260. The third-order valence-corrected chi connectivity index (χ3v) is 6.25. The van der Waals surface area contributed by atoms with Gasteiger partial charge in [-0.3, -0.25) is 14.8 Å². The Balaban J connectivity index is 1.23. The summed E-state index contributed by atoms with van der Waals surface area (Å²) in [5.74, 6) is -0.757. The van der Waals surface area contributed by atoms with Gasteiger partial charge in [-0.2, -0.15) is 13.2 Å². The lowest BCUT2D eigenvalue weighted by Gasteiger charge is -2.43. The van der Waals surface area contributed by atoms with Crippen molar-refractivity contribution in [2.75, 3.05) is 18.5 Å². The Hall–Kier alpha value is -3.65. The van der Waals surface area contributed by atoms with Gasteiger partial charge in [0.1, 0.15) is 29.7 Å². The van der Waals surface area contributed by atoms with Gasteiger partial charge in [0.15, 0.2) is 12.0 Å². The lowest BCUT2D eigenvalue weighted by molar-refractivity contribution is -0.212. The molecule has 5 rings (SSSR count). The van der Waals surface area contributed by atoms with E-state index in [2.05, 4.69) is 25.6 Å². The van der Waals surface area contributed by atoms with Crippen molar-refractivity contribution in [3.05, 3.63) is 72.3 Å². The fraction of sp³-hybridized carbons (Fsp3) is 0.333. The standard InChI is InChI=1S/C24H22F3N5O5/c25-24(26,27)16-9-28-10-17(31-16)32-18-19(33)20(34)23(12-36-22(18)37-23)11-30-21(35)14-6-7-15(29-8-14)13-4-2-1-3-5-13/h1-10,18-20,22,33-34H,11-12H2,(H,30,35)(H,31,32)/t18-,19-,20-,22+,23+/m1/s1. The highest BCUT2D eigenvalue weighted by Crippen LogP contribution is 2.38. The quantitative estimate of drug-likeness (QED) is 0.384. The van der Waals surface area contributed by atoms with Crippen LogP contribution in [0.4, 0.5) is 19.0 Å². The topological polar surface area (TPSA) is 139 Å². The van der Waals surface area contributed by atoms with E-state index >= 15 is 0 Å². The first-order valence-corrected chi connectivity index (χ1v) is 11.3. The zero-order chi connectivity index (χ0) is 26.2. The number of carbonyl (C=O) groups is 1. The first-order chi connectivity index (χ1) is 17.7. The predicted octanol–water partition coefficient (Wildman–Crippen LogP) is 1.62. The number of anilines is 1. The smallest absolute Gasteiger partial charge is 0.388 e. The minimum atomic E-state index is -4.71. The second-order valence-electron chi connectivity index (χ2n) is 8.74. The van der Waals surface area contributed by atoms with Crippen molar-refractivity contribution >= 4 is 11.7 Å². The number of halogens is 3. The first-order valence-electron chi connectivity index (χ1n) is 11.3. The molecule has 0 radical (unpaired) electrons. The summed E-state index contributed by atoms with van der Waals surface area (Å²) in [6.07, 6.45) is -5.85. The number of carbonyl (C=O) groups excluding carboxylic acids is 1. The Morgan fingerprint density at radius 3 is 2.59 bits per heavy atom. The van der Waals surface area contributed by atoms with Gasteiger partial charge in [-0.05, 0) is 12.1 Å². The monoisotopic (exact) mass is 517 g/mol. The highest BCUT2D eigenvalue weighted by Gasteiger charge is 2.59. The number of benzene rings is 1. The third kappa shape index (κ3) is 4.98. The van der Waals surface area contributed by atoms with E-state index < -0.39 is 47.9 Å². The van der Waals surface area contributed by atoms with E-state index in [0.29, 0.717) is 11.9 Å². The number of pyridine rings is 1. The molecule has 2 fully saturated rings. The Morgan fingerprint density at radius 2 is 1.89 bits per heavy atom. The number of aliphatic hydroxyl groups excluding tert-OH is 2. The molecule has 5 atom stereocenters. The number of ether oxygens (including phenoxy) is 2. The molecule has 0 aliphatic carbocycles. The molecule has 2 bridgehead atoms. The maximum absolute atomic E-state index is 12.9. The molecule has 0 spiro atoms. The van der Waals surface area contributed by atoms with Gasteiger partial charge in [0.2, 0.25) is 0 Å². The lowest BCUT2D eigenvalue weighted by Crippen LogP contribution is -2.66. The van der Waals surface area contributed by atoms with Crippen molar-refractivity contribution in [3.63, 3.8) is 0 Å². The summed E-state index contributed by atoms with van der Waals surface area (Å²) in [4.78, 5) is 24.0. The number of nitrogens with one attached hydrogen (secondary N) is 2. The van der Waals surface area contributed by atoms with Gasteiger partial charge in [0.25, 0.3) is 5.91 Å². The van der Waals surface area contributed by atoms with Gasteiger partial charge in [0.05, 0.1) is 36.8 Å². The second-order valence-corrected chi connectivity index (χ2v) is 8.74. The van der Waals surface area contributed by atoms with E-state index in [1.807, 2.05) is 30.3 Å². The number of amides is 1. The molecule has 1 amide bonds. The zero-order valence-electron chi connectivity index (χ0n) is 19.1. The van der Waals surface area contributed by atoms with Crippen molar-refractivity contribution in [1.82, 2.24) is 20.3 Å². The van der Waals surface area contributed by atoms with E-state index in [1.54, 1.807) is 12.1 Å². The SMILES string of the molecule is O=C(NC[C@@]12CO[C@@H](O1)[C@H](Nc1cncc(C(F)(F)F)n1)[C@@H](O)[C@H]2O)c1ccc(-c2ccccc2)nc1. The van der Waals surface area contributed by atoms with Gasteiger partial charge in [-0.1, -0.05) is 30.3 Å². The number of hydrogen-bond acceptors (Lipinski definition) is 9. The van der Waals surface area contributed by atoms with Crippen LogP contribution in [0.15, 0.2) is 61.1 Å². The molecule has 13 heteroatoms. The molecule has 1 aromatic carbocycles. The second kappa shape index (κ2) is 9.67. The summed E-state index contributed by atoms with van der Waals surface area (Å²) in [5, 5.41) is 26.8. The number of alkyl halides is 3. The van der Waals surface area contributed by atoms with Gasteiger partial charge < -0.3 is 30.3 Å². The molecule has 10 nitrogen and oxygen atoms in total. The molecular formula is C24H22F3N5O5. The maximum Gasteiger partial charge on any atom is 0.434 e. The van der Waals surface area contributed by atoms with E-state index in [9.17, 15) is 28.2 Å². The number of rotatable bonds is 6. The Labute approximate surface area is 208 Å². The molecule has 0 unspecified atom stereocenters. The van der Waals surface area contributed by atoms with Crippen LogP contribution in [-0.4, -0.2) is 74.4 Å². The van der Waals surface area contributed by atoms with Crippen LogP contribution in [0.2, 0.25) is 0 Å². The van der Waals surface area contributed by atoms with Gasteiger partial charge >= 0.3 is 6.18 Å². The molecular weight excluding hydrogens is 495 g/mol. The van der Waals surface area contributed by atoms with E-state index in [1.165, 1.54) is 6.20 Å². The van der Waals surface area contributed by atoms with Gasteiger partial charge in [-0.25, -0.2) is 4.98 Å². The largest absolute Gasteiger partial charge is 0.434 e. The van der Waals surface area contributed by atoms with Crippen LogP contribution >= 0.6 is 0 Å². The Morgan fingerprint density at radius 1 is 1.11 bits per heavy atom. The van der Waals surface area contributed by atoms with Crippen LogP contribution in [-0.2, 0) is 15.7 Å². The molecule has 194 valence electrons. The zero-order valence-corrected chi connectivity index (χ0v) is 19.1. The van der Waals surface area contributed by atoms with Crippen molar-refractivity contribution in [1.29, 1.82) is 0 Å². The molecule has 2 aromatic heterocycles. The van der Waals surface area contributed by atoms with E-state index in [4.69, 9.17) is 9.47 Å². The molecule has 2 aliphatic heterocycles. The lowest BCUT2D eigenvalue weighted by atomic mass is 9.87. The van der Waals surface area contributed by atoms with Crippen LogP contribution in [0.3, 0.4) is 0 Å². The summed E-state index contributed by atoms with van der Waals surface area (Å²) >= 11 is 0. The third-order valence-electron chi connectivity index (χ3n) is 6.25. The highest BCUT2D eigenvalue weighted by atomic mass is 19.4. The highest BCUT2D eigenvalue weighted by molar-refractivity contribution is 5.94. The maximum atomic E-state index is 12.9. The van der Waals surface area contributed by atoms with Crippen molar-refractivity contribution in [2.24, 2.45) is 0 Å². The van der Waals surface area contributed by atoms with Gasteiger partial charge in [0, 0.05) is 11.8 Å². The summed E-state index contributed by atoms with van der Waals surface area (Å²) in [6.45, 7) is -0.370. The van der Waals surface area contributed by atoms with Crippen molar-refractivity contribution in [3.8, 4) is 11.3 Å². The van der Waals surface area contributed by atoms with Crippen LogP contribution in [0, 0.1) is 0 Å². The summed E-state index contributed by atoms with van der Waals surface area (Å²) in [7, 11) is 0. The van der Waals surface area contributed by atoms with Crippen molar-refractivity contribution in [2.45, 2.75) is 36.3 Å². The summed E-state index contributed by atoms with van der Waals surface area (Å²) in [5.41, 5.74) is -0.815. The summed E-state index contributed by atoms with van der Waals surface area (Å²) in [6, 6.07) is 11.6. The van der Waals surface area contributed by atoms with E-state index in [-0.39, 0.29) is 24.5 Å². The minimum Gasteiger partial charge on any atom is -0.388 e. The average molecular weight is 517 g/mol. The predicted molar refractivity (Wildman–Crippen MR) is 122 cm³/mol. The fourth-order valence-electron chi connectivity index (χ4n) is 4.26. The molecule has 2 saturated heterocycles. The normalized spacial score (nSPS) is 27.1. The Kier molecular flexibility index (Phi) is 6.54. The molecule has 4 N–H and O–H groups in total. The molecule has 2 aliphatic rings. The number of aliphatic hydroxyl groups is 2. The molecule has 3 aromatic rings. The first kappa shape index (κ1) is 25.0.